The van der Waals surface area contributed by atoms with Crippen molar-refractivity contribution < 1.29 is 9.47 Å². The maximum Gasteiger partial charge on any atom is 0.161 e. The number of halogens is 2. The monoisotopic (exact) mass is 348 g/mol. The van der Waals surface area contributed by atoms with Gasteiger partial charge in [-0.05, 0) is 62.1 Å². The molecule has 1 rings (SSSR count). The summed E-state index contributed by atoms with van der Waals surface area (Å²) in [4.78, 5) is 0. The Hall–Kier alpha value is -0.480. The first-order valence-corrected chi connectivity index (χ1v) is 6.59. The van der Waals surface area contributed by atoms with Gasteiger partial charge in [-0.2, -0.15) is 0 Å². The van der Waals surface area contributed by atoms with Crippen molar-refractivity contribution in [3.63, 3.8) is 0 Å². The number of hydrogen-bond donors (Lipinski definition) is 0. The molecule has 0 aromatic heterocycles. The molecule has 0 saturated heterocycles. The van der Waals surface area contributed by atoms with E-state index < -0.39 is 0 Å². The molecule has 0 aliphatic rings. The fourth-order valence-corrected chi connectivity index (χ4v) is 1.76. The summed E-state index contributed by atoms with van der Waals surface area (Å²) in [5, 5.41) is 0. The Bertz CT molecular complexity index is 371. The minimum atomic E-state index is 0.693. The fraction of sp³-hybridized carbons (Fsp3) is 0.333. The van der Waals surface area contributed by atoms with Crippen LogP contribution in [0.2, 0.25) is 0 Å². The van der Waals surface area contributed by atoms with E-state index >= 15 is 0 Å². The highest BCUT2D eigenvalue weighted by atomic mass is 79.9. The van der Waals surface area contributed by atoms with Crippen LogP contribution < -0.4 is 9.47 Å². The predicted octanol–water partition coefficient (Wildman–Crippen LogP) is 4.57. The van der Waals surface area contributed by atoms with E-state index in [2.05, 4.69) is 38.8 Å². The second-order valence-electron chi connectivity index (χ2n) is 3.19. The van der Waals surface area contributed by atoms with Crippen LogP contribution in [0.4, 0.5) is 0 Å². The summed E-state index contributed by atoms with van der Waals surface area (Å²) in [7, 11) is 1.64. The Labute approximate surface area is 113 Å². The molecular weight excluding hydrogens is 336 g/mol. The van der Waals surface area contributed by atoms with Gasteiger partial charge in [0.05, 0.1) is 17.1 Å². The molecular formula is C12H14Br2O2. The quantitative estimate of drug-likeness (QED) is 0.775. The molecule has 88 valence electrons. The molecule has 0 N–H and O–H groups in total. The van der Waals surface area contributed by atoms with Crippen LogP contribution in [-0.4, -0.2) is 13.7 Å². The molecule has 0 unspecified atom stereocenters. The predicted molar refractivity (Wildman–Crippen MR) is 74.6 cm³/mol. The SMILES string of the molecule is CCCOc1cc(C=C(Br)Br)ccc1OC. The average molecular weight is 350 g/mol. The summed E-state index contributed by atoms with van der Waals surface area (Å²) in [6.45, 7) is 2.77. The van der Waals surface area contributed by atoms with E-state index in [9.17, 15) is 0 Å². The number of hydrogen-bond acceptors (Lipinski definition) is 2. The van der Waals surface area contributed by atoms with Crippen LogP contribution in [-0.2, 0) is 0 Å². The number of benzene rings is 1. The third-order valence-corrected chi connectivity index (χ3v) is 2.38. The van der Waals surface area contributed by atoms with Gasteiger partial charge in [0.2, 0.25) is 0 Å². The molecule has 0 aliphatic heterocycles. The summed E-state index contributed by atoms with van der Waals surface area (Å²) >= 11 is 6.66. The molecule has 1 aromatic rings. The molecule has 4 heteroatoms. The second kappa shape index (κ2) is 6.97. The maximum absolute atomic E-state index is 5.61. The molecule has 0 aliphatic carbocycles. The lowest BCUT2D eigenvalue weighted by Gasteiger charge is -2.10. The molecule has 0 fully saturated rings. The number of rotatable bonds is 5. The van der Waals surface area contributed by atoms with Crippen LogP contribution in [0.5, 0.6) is 11.5 Å². The molecule has 0 saturated carbocycles. The topological polar surface area (TPSA) is 18.5 Å². The zero-order valence-electron chi connectivity index (χ0n) is 9.30. The number of methoxy groups -OCH3 is 1. The minimum absolute atomic E-state index is 0.693. The van der Waals surface area contributed by atoms with Gasteiger partial charge in [-0.1, -0.05) is 13.0 Å². The highest BCUT2D eigenvalue weighted by Crippen LogP contribution is 2.30. The van der Waals surface area contributed by atoms with Gasteiger partial charge in [-0.15, -0.1) is 0 Å². The summed E-state index contributed by atoms with van der Waals surface area (Å²) in [6, 6.07) is 5.83. The summed E-state index contributed by atoms with van der Waals surface area (Å²) in [6.07, 6.45) is 2.93. The summed E-state index contributed by atoms with van der Waals surface area (Å²) < 4.78 is 11.7. The first-order chi connectivity index (χ1) is 7.67. The van der Waals surface area contributed by atoms with E-state index in [1.165, 1.54) is 0 Å². The van der Waals surface area contributed by atoms with Gasteiger partial charge in [-0.25, -0.2) is 0 Å². The molecule has 0 bridgehead atoms. The summed E-state index contributed by atoms with van der Waals surface area (Å²) in [5.41, 5.74) is 1.05. The molecule has 2 nitrogen and oxygen atoms in total. The van der Waals surface area contributed by atoms with Crippen LogP contribution in [0.3, 0.4) is 0 Å². The van der Waals surface area contributed by atoms with Crippen LogP contribution in [0.25, 0.3) is 6.08 Å². The second-order valence-corrected chi connectivity index (χ2v) is 5.97. The number of ether oxygens (including phenoxy) is 2. The lowest BCUT2D eigenvalue weighted by Crippen LogP contribution is -1.97. The Kier molecular flexibility index (Phi) is 5.91. The van der Waals surface area contributed by atoms with Crippen molar-refractivity contribution in [1.29, 1.82) is 0 Å². The first kappa shape index (κ1) is 13.6. The lowest BCUT2D eigenvalue weighted by molar-refractivity contribution is 0.294. The van der Waals surface area contributed by atoms with Crippen molar-refractivity contribution >= 4 is 37.9 Å². The molecule has 16 heavy (non-hydrogen) atoms. The molecule has 0 spiro atoms. The molecule has 0 heterocycles. The molecule has 0 amide bonds. The van der Waals surface area contributed by atoms with Crippen molar-refractivity contribution in [2.45, 2.75) is 13.3 Å². The van der Waals surface area contributed by atoms with Gasteiger partial charge in [0.25, 0.3) is 0 Å². The Morgan fingerprint density at radius 1 is 1.31 bits per heavy atom. The molecule has 0 radical (unpaired) electrons. The van der Waals surface area contributed by atoms with Crippen molar-refractivity contribution in [1.82, 2.24) is 0 Å². The van der Waals surface area contributed by atoms with Gasteiger partial charge in [-0.3, -0.25) is 0 Å². The molecule has 0 atom stereocenters. The largest absolute Gasteiger partial charge is 0.493 e. The van der Waals surface area contributed by atoms with Crippen LogP contribution in [0.1, 0.15) is 18.9 Å². The normalized spacial score (nSPS) is 9.75. The Morgan fingerprint density at radius 2 is 2.06 bits per heavy atom. The van der Waals surface area contributed by atoms with E-state index in [0.29, 0.717) is 6.61 Å². The van der Waals surface area contributed by atoms with Crippen molar-refractivity contribution in [3.8, 4) is 11.5 Å². The standard InChI is InChI=1S/C12H14Br2O2/c1-3-6-16-11-7-9(8-12(13)14)4-5-10(11)15-2/h4-5,7-8H,3,6H2,1-2H3. The zero-order chi connectivity index (χ0) is 12.0. The lowest BCUT2D eigenvalue weighted by atomic mass is 10.2. The zero-order valence-corrected chi connectivity index (χ0v) is 12.5. The Balaban J connectivity index is 2.96. The van der Waals surface area contributed by atoms with Gasteiger partial charge >= 0.3 is 0 Å². The average Bonchev–Trinajstić information content (AvgIpc) is 2.25. The smallest absolute Gasteiger partial charge is 0.161 e. The van der Waals surface area contributed by atoms with E-state index in [0.717, 1.165) is 26.9 Å². The third-order valence-electron chi connectivity index (χ3n) is 1.93. The van der Waals surface area contributed by atoms with E-state index in [1.807, 2.05) is 24.3 Å². The first-order valence-electron chi connectivity index (χ1n) is 5.01. The van der Waals surface area contributed by atoms with Crippen molar-refractivity contribution in [3.05, 3.63) is 27.2 Å². The van der Waals surface area contributed by atoms with Gasteiger partial charge < -0.3 is 9.47 Å². The Morgan fingerprint density at radius 3 is 2.62 bits per heavy atom. The highest BCUT2D eigenvalue weighted by Gasteiger charge is 2.04. The van der Waals surface area contributed by atoms with Crippen LogP contribution in [0.15, 0.2) is 21.6 Å². The highest BCUT2D eigenvalue weighted by molar-refractivity contribution is 9.28. The van der Waals surface area contributed by atoms with Gasteiger partial charge in [0, 0.05) is 0 Å². The third kappa shape index (κ3) is 4.18. The van der Waals surface area contributed by atoms with Crippen LogP contribution >= 0.6 is 31.9 Å². The van der Waals surface area contributed by atoms with Crippen molar-refractivity contribution in [2.75, 3.05) is 13.7 Å². The van der Waals surface area contributed by atoms with Gasteiger partial charge in [0.15, 0.2) is 11.5 Å². The minimum Gasteiger partial charge on any atom is -0.493 e. The summed E-state index contributed by atoms with van der Waals surface area (Å²) in [5.74, 6) is 1.54. The van der Waals surface area contributed by atoms with Gasteiger partial charge in [0.1, 0.15) is 0 Å². The van der Waals surface area contributed by atoms with Crippen LogP contribution in [0, 0.1) is 0 Å². The van der Waals surface area contributed by atoms with E-state index in [-0.39, 0.29) is 0 Å². The molecule has 1 aromatic carbocycles. The van der Waals surface area contributed by atoms with E-state index in [1.54, 1.807) is 7.11 Å². The fourth-order valence-electron chi connectivity index (χ4n) is 1.23. The van der Waals surface area contributed by atoms with E-state index in [4.69, 9.17) is 9.47 Å². The van der Waals surface area contributed by atoms with Crippen molar-refractivity contribution in [2.24, 2.45) is 0 Å². The maximum atomic E-state index is 5.61.